The minimum atomic E-state index is -0.0829. The second-order valence-corrected chi connectivity index (χ2v) is 4.51. The summed E-state index contributed by atoms with van der Waals surface area (Å²) in [7, 11) is 0. The first-order valence-electron chi connectivity index (χ1n) is 4.86. The predicted molar refractivity (Wildman–Crippen MR) is 59.4 cm³/mol. The van der Waals surface area contributed by atoms with Crippen LogP contribution in [0.1, 0.15) is 20.3 Å². The molecule has 0 aliphatic rings. The van der Waals surface area contributed by atoms with Crippen molar-refractivity contribution >= 4 is 11.8 Å². The van der Waals surface area contributed by atoms with Gasteiger partial charge in [0, 0.05) is 11.8 Å². The van der Waals surface area contributed by atoms with Crippen LogP contribution in [-0.4, -0.2) is 33.0 Å². The molecule has 0 aliphatic carbocycles. The zero-order valence-corrected chi connectivity index (χ0v) is 9.71. The Bertz CT molecular complexity index is 303. The Kier molecular flexibility index (Phi) is 5.15. The number of nitrogens with one attached hydrogen (secondary N) is 2. The Morgan fingerprint density at radius 2 is 2.47 bits per heavy atom. The first kappa shape index (κ1) is 12.0. The van der Waals surface area contributed by atoms with Crippen LogP contribution in [0.5, 0.6) is 0 Å². The molecule has 1 unspecified atom stereocenters. The van der Waals surface area contributed by atoms with E-state index in [1.54, 1.807) is 11.8 Å². The number of aromatic nitrogens is 3. The summed E-state index contributed by atoms with van der Waals surface area (Å²) < 4.78 is 0. The largest absolute Gasteiger partial charge is 0.300 e. The van der Waals surface area contributed by atoms with E-state index in [2.05, 4.69) is 26.6 Å². The second kappa shape index (κ2) is 6.43. The lowest BCUT2D eigenvalue weighted by molar-refractivity contribution is 0.522. The van der Waals surface area contributed by atoms with Crippen LogP contribution in [0.15, 0.2) is 11.5 Å². The van der Waals surface area contributed by atoms with Crippen LogP contribution in [0, 0.1) is 11.3 Å². The summed E-state index contributed by atoms with van der Waals surface area (Å²) in [6.07, 6.45) is 2.29. The number of aromatic amines is 1. The average Bonchev–Trinajstić information content (AvgIpc) is 2.68. The fourth-order valence-electron chi connectivity index (χ4n) is 1.12. The van der Waals surface area contributed by atoms with Gasteiger partial charge in [-0.2, -0.15) is 10.4 Å². The first-order valence-corrected chi connectivity index (χ1v) is 5.84. The van der Waals surface area contributed by atoms with Crippen LogP contribution in [0.4, 0.5) is 0 Å². The van der Waals surface area contributed by atoms with Crippen molar-refractivity contribution in [3.05, 3.63) is 6.33 Å². The van der Waals surface area contributed by atoms with E-state index in [0.717, 1.165) is 17.3 Å². The molecule has 6 heteroatoms. The van der Waals surface area contributed by atoms with Crippen LogP contribution in [0.25, 0.3) is 0 Å². The predicted octanol–water partition coefficient (Wildman–Crippen LogP) is 1.18. The van der Waals surface area contributed by atoms with Gasteiger partial charge in [-0.05, 0) is 20.3 Å². The molecule has 0 aliphatic heterocycles. The third kappa shape index (κ3) is 4.81. The van der Waals surface area contributed by atoms with Crippen molar-refractivity contribution in [1.82, 2.24) is 20.5 Å². The monoisotopic (exact) mass is 225 g/mol. The van der Waals surface area contributed by atoms with Gasteiger partial charge < -0.3 is 0 Å². The molecule has 0 spiro atoms. The van der Waals surface area contributed by atoms with E-state index in [9.17, 15) is 0 Å². The maximum Gasteiger partial charge on any atom is 0.183 e. The van der Waals surface area contributed by atoms with Gasteiger partial charge in [0.1, 0.15) is 6.33 Å². The van der Waals surface area contributed by atoms with Gasteiger partial charge in [-0.3, -0.25) is 10.4 Å². The average molecular weight is 225 g/mol. The smallest absolute Gasteiger partial charge is 0.183 e. The van der Waals surface area contributed by atoms with E-state index in [0.29, 0.717) is 6.04 Å². The first-order chi connectivity index (χ1) is 7.22. The third-order valence-electron chi connectivity index (χ3n) is 1.73. The van der Waals surface area contributed by atoms with Gasteiger partial charge in [-0.15, -0.1) is 0 Å². The molecule has 0 aromatic carbocycles. The lowest BCUT2D eigenvalue weighted by Gasteiger charge is -2.13. The minimum absolute atomic E-state index is 0.0829. The van der Waals surface area contributed by atoms with E-state index in [1.807, 2.05) is 13.8 Å². The molecule has 0 saturated carbocycles. The van der Waals surface area contributed by atoms with E-state index >= 15 is 0 Å². The van der Waals surface area contributed by atoms with Crippen molar-refractivity contribution in [3.63, 3.8) is 0 Å². The number of nitrogens with zero attached hydrogens (tertiary/aromatic N) is 3. The number of H-pyrrole nitrogens is 1. The highest BCUT2D eigenvalue weighted by Gasteiger charge is 2.08. The van der Waals surface area contributed by atoms with Crippen molar-refractivity contribution in [2.24, 2.45) is 0 Å². The summed E-state index contributed by atoms with van der Waals surface area (Å²) in [5.74, 6) is 0.854. The molecule has 82 valence electrons. The van der Waals surface area contributed by atoms with Gasteiger partial charge >= 0.3 is 0 Å². The van der Waals surface area contributed by atoms with E-state index in [4.69, 9.17) is 5.26 Å². The Hall–Kier alpha value is -1.06. The summed E-state index contributed by atoms with van der Waals surface area (Å²) in [6, 6.07) is 2.50. The van der Waals surface area contributed by atoms with Crippen LogP contribution in [-0.2, 0) is 0 Å². The highest BCUT2D eigenvalue weighted by molar-refractivity contribution is 7.99. The number of hydrogen-bond acceptors (Lipinski definition) is 5. The van der Waals surface area contributed by atoms with Gasteiger partial charge in [-0.1, -0.05) is 11.8 Å². The van der Waals surface area contributed by atoms with Gasteiger partial charge in [0.25, 0.3) is 0 Å². The Labute approximate surface area is 93.7 Å². The Balaban J connectivity index is 2.21. The molecule has 0 fully saturated rings. The van der Waals surface area contributed by atoms with E-state index < -0.39 is 0 Å². The topological polar surface area (TPSA) is 77.4 Å². The maximum absolute atomic E-state index is 8.87. The highest BCUT2D eigenvalue weighted by Crippen LogP contribution is 2.12. The van der Waals surface area contributed by atoms with Crippen molar-refractivity contribution in [2.45, 2.75) is 37.5 Å². The molecule has 5 nitrogen and oxygen atoms in total. The van der Waals surface area contributed by atoms with Gasteiger partial charge in [0.15, 0.2) is 5.16 Å². The standard InChI is InChI=1S/C9H15N5S/c1-7(2)13-8(5-10)3-4-15-9-11-6-12-14-9/h6-8,13H,3-4H2,1-2H3,(H,11,12,14). The SMILES string of the molecule is CC(C)NC(C#N)CCSc1ncn[nH]1. The summed E-state index contributed by atoms with van der Waals surface area (Å²) in [6.45, 7) is 4.07. The summed E-state index contributed by atoms with van der Waals surface area (Å²) >= 11 is 1.58. The minimum Gasteiger partial charge on any atom is -0.300 e. The highest BCUT2D eigenvalue weighted by atomic mass is 32.2. The van der Waals surface area contributed by atoms with Crippen molar-refractivity contribution in [1.29, 1.82) is 5.26 Å². The lowest BCUT2D eigenvalue weighted by atomic mass is 10.2. The molecule has 15 heavy (non-hydrogen) atoms. The van der Waals surface area contributed by atoms with Crippen LogP contribution in [0.3, 0.4) is 0 Å². The van der Waals surface area contributed by atoms with E-state index in [1.165, 1.54) is 6.33 Å². The number of nitriles is 1. The maximum atomic E-state index is 8.87. The summed E-state index contributed by atoms with van der Waals surface area (Å²) in [5, 5.41) is 19.4. The van der Waals surface area contributed by atoms with Gasteiger partial charge in [0.2, 0.25) is 0 Å². The second-order valence-electron chi connectivity index (χ2n) is 3.43. The van der Waals surface area contributed by atoms with Crippen molar-refractivity contribution in [2.75, 3.05) is 5.75 Å². The molecule has 0 amide bonds. The molecule has 0 bridgehead atoms. The molecule has 1 aromatic heterocycles. The quantitative estimate of drug-likeness (QED) is 0.711. The fourth-order valence-corrected chi connectivity index (χ4v) is 1.91. The molecular formula is C9H15N5S. The summed E-state index contributed by atoms with van der Waals surface area (Å²) in [4.78, 5) is 3.99. The van der Waals surface area contributed by atoms with Crippen molar-refractivity contribution in [3.8, 4) is 6.07 Å². The molecular weight excluding hydrogens is 210 g/mol. The van der Waals surface area contributed by atoms with Crippen LogP contribution >= 0.6 is 11.8 Å². The van der Waals surface area contributed by atoms with Crippen LogP contribution in [0.2, 0.25) is 0 Å². The van der Waals surface area contributed by atoms with Crippen LogP contribution < -0.4 is 5.32 Å². The number of rotatable bonds is 6. The lowest BCUT2D eigenvalue weighted by Crippen LogP contribution is -2.33. The van der Waals surface area contributed by atoms with E-state index in [-0.39, 0.29) is 6.04 Å². The zero-order valence-electron chi connectivity index (χ0n) is 8.90. The van der Waals surface area contributed by atoms with Crippen molar-refractivity contribution < 1.29 is 0 Å². The molecule has 1 atom stereocenters. The molecule has 2 N–H and O–H groups in total. The normalized spacial score (nSPS) is 12.7. The zero-order chi connectivity index (χ0) is 11.1. The third-order valence-corrected chi connectivity index (χ3v) is 2.64. The molecule has 1 rings (SSSR count). The van der Waals surface area contributed by atoms with Gasteiger partial charge in [-0.25, -0.2) is 4.98 Å². The molecule has 0 saturated heterocycles. The Morgan fingerprint density at radius 3 is 3.00 bits per heavy atom. The summed E-state index contributed by atoms with van der Waals surface area (Å²) in [5.41, 5.74) is 0. The number of hydrogen-bond donors (Lipinski definition) is 2. The molecule has 0 radical (unpaired) electrons. The van der Waals surface area contributed by atoms with Gasteiger partial charge in [0.05, 0.1) is 12.1 Å². The fraction of sp³-hybridized carbons (Fsp3) is 0.667. The molecule has 1 heterocycles. The number of thioether (sulfide) groups is 1. The molecule has 1 aromatic rings. The Morgan fingerprint density at radius 1 is 1.67 bits per heavy atom.